The maximum absolute atomic E-state index is 13.4. The molecule has 0 aliphatic carbocycles. The van der Waals surface area contributed by atoms with Gasteiger partial charge in [-0.3, -0.25) is 14.4 Å². The van der Waals surface area contributed by atoms with E-state index in [-0.39, 0.29) is 5.56 Å². The zero-order valence-electron chi connectivity index (χ0n) is 18.3. The molecule has 32 heavy (non-hydrogen) atoms. The minimum absolute atomic E-state index is 0.107. The van der Waals surface area contributed by atoms with Crippen LogP contribution in [0, 0.1) is 6.92 Å². The highest BCUT2D eigenvalue weighted by Gasteiger charge is 2.29. The summed E-state index contributed by atoms with van der Waals surface area (Å²) in [5.74, 6) is -0.357. The predicted octanol–water partition coefficient (Wildman–Crippen LogP) is 1.35. The number of hydrogen-bond donors (Lipinski definition) is 4. The Kier molecular flexibility index (Phi) is 9.73. The molecule has 2 amide bonds. The lowest BCUT2D eigenvalue weighted by atomic mass is 9.95. The second-order valence-electron chi connectivity index (χ2n) is 7.47. The number of nitrogens with two attached hydrogens (primary N) is 2. The number of unbranched alkanes of at least 4 members (excludes halogenated alkanes) is 1. The van der Waals surface area contributed by atoms with Crippen LogP contribution in [0.4, 0.5) is 5.69 Å². The Labute approximate surface area is 190 Å². The van der Waals surface area contributed by atoms with Crippen molar-refractivity contribution in [1.29, 1.82) is 0 Å². The van der Waals surface area contributed by atoms with Crippen LogP contribution in [-0.2, 0) is 9.59 Å². The molecule has 0 aliphatic heterocycles. The molecule has 2 rings (SSSR count). The second-order valence-corrected chi connectivity index (χ2v) is 8.46. The van der Waals surface area contributed by atoms with Gasteiger partial charge in [-0.2, -0.15) is 11.8 Å². The van der Waals surface area contributed by atoms with Gasteiger partial charge in [-0.05, 0) is 68.9 Å². The molecule has 1 aromatic heterocycles. The second kappa shape index (κ2) is 12.3. The van der Waals surface area contributed by atoms with Gasteiger partial charge in [-0.25, -0.2) is 4.79 Å². The van der Waals surface area contributed by atoms with Gasteiger partial charge >= 0.3 is 5.63 Å². The number of fused-ring (bicyclic) bond motifs is 1. The number of anilines is 1. The normalized spacial score (nSPS) is 12.8. The van der Waals surface area contributed by atoms with E-state index >= 15 is 0 Å². The number of rotatable bonds is 13. The molecule has 2 aromatic rings. The van der Waals surface area contributed by atoms with Gasteiger partial charge in [-0.1, -0.05) is 0 Å². The van der Waals surface area contributed by atoms with Crippen LogP contribution in [0.3, 0.4) is 0 Å². The van der Waals surface area contributed by atoms with Crippen LogP contribution in [0.25, 0.3) is 11.0 Å². The Morgan fingerprint density at radius 1 is 1.22 bits per heavy atom. The van der Waals surface area contributed by atoms with Crippen molar-refractivity contribution >= 4 is 46.5 Å². The Morgan fingerprint density at radius 3 is 2.62 bits per heavy atom. The molecule has 0 radical (unpaired) electrons. The van der Waals surface area contributed by atoms with Crippen LogP contribution in [0.1, 0.15) is 41.6 Å². The molecule has 0 spiro atoms. The van der Waals surface area contributed by atoms with Crippen LogP contribution < -0.4 is 27.7 Å². The van der Waals surface area contributed by atoms with Crippen molar-refractivity contribution in [3.63, 3.8) is 0 Å². The summed E-state index contributed by atoms with van der Waals surface area (Å²) in [7, 11) is 0. The number of ketones is 1. The van der Waals surface area contributed by atoms with Gasteiger partial charge in [0, 0.05) is 17.1 Å². The molecule has 6 N–H and O–H groups in total. The Bertz CT molecular complexity index is 1020. The van der Waals surface area contributed by atoms with Crippen LogP contribution in [0.5, 0.6) is 0 Å². The molecule has 2 atom stereocenters. The highest BCUT2D eigenvalue weighted by molar-refractivity contribution is 7.98. The first-order valence-corrected chi connectivity index (χ1v) is 11.8. The topological polar surface area (TPSA) is 158 Å². The van der Waals surface area contributed by atoms with Gasteiger partial charge in [0.25, 0.3) is 0 Å². The third kappa shape index (κ3) is 6.33. The summed E-state index contributed by atoms with van der Waals surface area (Å²) in [6.07, 6.45) is 4.31. The van der Waals surface area contributed by atoms with E-state index in [9.17, 15) is 19.2 Å². The molecule has 9 nitrogen and oxygen atoms in total. The molecular formula is C22H30N4O5S. The van der Waals surface area contributed by atoms with Crippen LogP contribution in [-0.4, -0.2) is 48.7 Å². The van der Waals surface area contributed by atoms with Gasteiger partial charge < -0.3 is 26.5 Å². The summed E-state index contributed by atoms with van der Waals surface area (Å²) in [4.78, 5) is 49.8. The van der Waals surface area contributed by atoms with Crippen molar-refractivity contribution in [3.05, 3.63) is 39.7 Å². The van der Waals surface area contributed by atoms with Crippen LogP contribution in [0.15, 0.2) is 27.4 Å². The Balaban J connectivity index is 2.38. The quantitative estimate of drug-likeness (QED) is 0.114. The van der Waals surface area contributed by atoms with Crippen LogP contribution in [0.2, 0.25) is 0 Å². The number of Topliss-reactive ketones (excluding diaryl/α,β-unsaturated/α-hetero) is 1. The van der Waals surface area contributed by atoms with Crippen molar-refractivity contribution in [2.24, 2.45) is 5.73 Å². The molecule has 0 saturated heterocycles. The smallest absolute Gasteiger partial charge is 0.347 e. The monoisotopic (exact) mass is 462 g/mol. The van der Waals surface area contributed by atoms with E-state index in [0.717, 1.165) is 0 Å². The zero-order valence-corrected chi connectivity index (χ0v) is 19.1. The fourth-order valence-electron chi connectivity index (χ4n) is 3.47. The lowest BCUT2D eigenvalue weighted by molar-refractivity contribution is -0.125. The minimum atomic E-state index is -0.952. The lowest BCUT2D eigenvalue weighted by Crippen LogP contribution is -2.50. The van der Waals surface area contributed by atoms with E-state index in [0.29, 0.717) is 66.6 Å². The van der Waals surface area contributed by atoms with E-state index in [1.807, 2.05) is 6.26 Å². The summed E-state index contributed by atoms with van der Waals surface area (Å²) < 4.78 is 5.34. The van der Waals surface area contributed by atoms with Crippen molar-refractivity contribution in [2.45, 2.75) is 44.7 Å². The first-order chi connectivity index (χ1) is 15.3. The number of carbonyl (C=O) groups excluding carboxylic acids is 3. The highest BCUT2D eigenvalue weighted by Crippen LogP contribution is 2.23. The standard InChI is InChI=1S/C22H30N4O5S/c1-13-15-7-6-14(24)11-18(15)31-22(30)19(13)20(28)16(5-3-4-9-23)26-21(29)17(25-12-27)8-10-32-2/h6-7,11-12,16-17H,3-5,8-10,23-24H2,1-2H3,(H,25,27)(H,26,29)/t16-,17-/m0/s1. The minimum Gasteiger partial charge on any atom is -0.422 e. The first kappa shape index (κ1) is 25.4. The molecule has 0 saturated carbocycles. The average Bonchev–Trinajstić information content (AvgIpc) is 2.75. The number of thioether (sulfide) groups is 1. The van der Waals surface area contributed by atoms with E-state index in [1.54, 1.807) is 19.1 Å². The third-order valence-electron chi connectivity index (χ3n) is 5.21. The molecular weight excluding hydrogens is 432 g/mol. The van der Waals surface area contributed by atoms with Crippen molar-refractivity contribution in [1.82, 2.24) is 10.6 Å². The maximum Gasteiger partial charge on any atom is 0.347 e. The fraction of sp³-hybridized carbons (Fsp3) is 0.455. The number of nitrogen functional groups attached to an aromatic ring is 1. The number of aryl methyl sites for hydroxylation is 1. The van der Waals surface area contributed by atoms with Gasteiger partial charge in [0.05, 0.1) is 6.04 Å². The van der Waals surface area contributed by atoms with E-state index < -0.39 is 29.4 Å². The summed E-state index contributed by atoms with van der Waals surface area (Å²) in [5.41, 5.74) is 11.6. The summed E-state index contributed by atoms with van der Waals surface area (Å²) >= 11 is 1.54. The summed E-state index contributed by atoms with van der Waals surface area (Å²) in [5, 5.41) is 5.80. The molecule has 0 unspecified atom stereocenters. The maximum atomic E-state index is 13.4. The first-order valence-electron chi connectivity index (χ1n) is 10.4. The number of nitrogens with one attached hydrogen (secondary N) is 2. The summed E-state index contributed by atoms with van der Waals surface area (Å²) in [6.45, 7) is 2.10. The molecule has 0 aliphatic rings. The summed E-state index contributed by atoms with van der Waals surface area (Å²) in [6, 6.07) is 3.15. The van der Waals surface area contributed by atoms with E-state index in [1.165, 1.54) is 17.8 Å². The van der Waals surface area contributed by atoms with Gasteiger partial charge in [-0.15, -0.1) is 0 Å². The molecule has 0 fully saturated rings. The lowest BCUT2D eigenvalue weighted by Gasteiger charge is -2.22. The van der Waals surface area contributed by atoms with Gasteiger partial charge in [0.15, 0.2) is 5.78 Å². The fourth-order valence-corrected chi connectivity index (χ4v) is 3.94. The number of carbonyl (C=O) groups is 3. The Hall–Kier alpha value is -2.85. The number of amides is 2. The SMILES string of the molecule is CSCC[C@H](NC=O)C(=O)N[C@@H](CCCCN)C(=O)c1c(C)c2ccc(N)cc2oc1=O. The van der Waals surface area contributed by atoms with E-state index in [4.69, 9.17) is 15.9 Å². The molecule has 174 valence electrons. The Morgan fingerprint density at radius 2 is 1.97 bits per heavy atom. The molecule has 1 heterocycles. The molecule has 0 bridgehead atoms. The van der Waals surface area contributed by atoms with E-state index in [2.05, 4.69) is 10.6 Å². The largest absolute Gasteiger partial charge is 0.422 e. The van der Waals surface area contributed by atoms with Crippen LogP contribution >= 0.6 is 11.8 Å². The molecule has 10 heteroatoms. The number of hydrogen-bond acceptors (Lipinski definition) is 8. The van der Waals surface area contributed by atoms with Gasteiger partial charge in [0.2, 0.25) is 12.3 Å². The zero-order chi connectivity index (χ0) is 23.7. The predicted molar refractivity (Wildman–Crippen MR) is 127 cm³/mol. The highest BCUT2D eigenvalue weighted by atomic mass is 32.2. The van der Waals surface area contributed by atoms with Crippen molar-refractivity contribution < 1.29 is 18.8 Å². The van der Waals surface area contributed by atoms with Crippen molar-refractivity contribution in [3.8, 4) is 0 Å². The van der Waals surface area contributed by atoms with Crippen molar-refractivity contribution in [2.75, 3.05) is 24.3 Å². The third-order valence-corrected chi connectivity index (χ3v) is 5.86. The molecule has 1 aromatic carbocycles. The number of benzene rings is 1. The average molecular weight is 463 g/mol. The van der Waals surface area contributed by atoms with Gasteiger partial charge in [0.1, 0.15) is 17.2 Å².